The number of hydrogen-bond donors (Lipinski definition) is 1. The van der Waals surface area contributed by atoms with Crippen LogP contribution in [0.25, 0.3) is 0 Å². The van der Waals surface area contributed by atoms with Crippen LogP contribution in [0.4, 0.5) is 5.69 Å². The van der Waals surface area contributed by atoms with Gasteiger partial charge in [-0.05, 0) is 13.3 Å². The summed E-state index contributed by atoms with van der Waals surface area (Å²) in [6, 6.07) is 0. The van der Waals surface area contributed by atoms with Gasteiger partial charge in [-0.3, -0.25) is 0 Å². The van der Waals surface area contributed by atoms with Crippen LogP contribution in [-0.2, 0) is 0 Å². The molecule has 0 aliphatic carbocycles. The van der Waals surface area contributed by atoms with Crippen LogP contribution < -0.4 is 10.5 Å². The molecule has 0 amide bonds. The third-order valence-corrected chi connectivity index (χ3v) is 1.59. The second-order valence-electron chi connectivity index (χ2n) is 2.62. The number of hydrogen-bond acceptors (Lipinski definition) is 4. The smallest absolute Gasteiger partial charge is 0.240 e. The molecule has 0 aromatic carbocycles. The highest BCUT2D eigenvalue weighted by Gasteiger charge is 2.04. The van der Waals surface area contributed by atoms with Crippen LogP contribution >= 0.6 is 0 Å². The summed E-state index contributed by atoms with van der Waals surface area (Å²) in [5.74, 6) is 0.472. The number of aromatic nitrogens is 2. The summed E-state index contributed by atoms with van der Waals surface area (Å²) in [5, 5.41) is 0. The molecule has 1 rings (SSSR count). The van der Waals surface area contributed by atoms with E-state index in [0.717, 1.165) is 6.42 Å². The first-order valence-corrected chi connectivity index (χ1v) is 3.96. The van der Waals surface area contributed by atoms with Crippen molar-refractivity contribution in [3.63, 3.8) is 0 Å². The van der Waals surface area contributed by atoms with Gasteiger partial charge in [0.15, 0.2) is 0 Å². The van der Waals surface area contributed by atoms with Gasteiger partial charge in [-0.2, -0.15) is 4.98 Å². The zero-order valence-electron chi connectivity index (χ0n) is 7.32. The average Bonchev–Trinajstić information content (AvgIpc) is 2.09. The van der Waals surface area contributed by atoms with E-state index in [1.807, 2.05) is 13.8 Å². The van der Waals surface area contributed by atoms with Crippen molar-refractivity contribution in [3.8, 4) is 5.88 Å². The number of nitrogen functional groups attached to an aromatic ring is 1. The first-order chi connectivity index (χ1) is 5.74. The van der Waals surface area contributed by atoms with Crippen LogP contribution in [0, 0.1) is 0 Å². The maximum atomic E-state index is 5.57. The molecule has 0 radical (unpaired) electrons. The van der Waals surface area contributed by atoms with E-state index in [2.05, 4.69) is 9.97 Å². The van der Waals surface area contributed by atoms with Crippen molar-refractivity contribution < 1.29 is 4.74 Å². The molecule has 1 unspecified atom stereocenters. The van der Waals surface area contributed by atoms with Gasteiger partial charge in [-0.25, -0.2) is 4.98 Å². The van der Waals surface area contributed by atoms with Crippen molar-refractivity contribution in [1.82, 2.24) is 9.97 Å². The van der Waals surface area contributed by atoms with Crippen molar-refractivity contribution >= 4 is 5.69 Å². The normalized spacial score (nSPS) is 12.5. The molecule has 4 heteroatoms. The zero-order chi connectivity index (χ0) is 8.97. The van der Waals surface area contributed by atoms with Gasteiger partial charge < -0.3 is 10.5 Å². The quantitative estimate of drug-likeness (QED) is 0.735. The van der Waals surface area contributed by atoms with E-state index in [-0.39, 0.29) is 6.10 Å². The molecule has 4 nitrogen and oxygen atoms in total. The van der Waals surface area contributed by atoms with Crippen molar-refractivity contribution in [1.29, 1.82) is 0 Å². The van der Waals surface area contributed by atoms with Gasteiger partial charge in [0.25, 0.3) is 0 Å². The molecule has 1 aromatic heterocycles. The van der Waals surface area contributed by atoms with E-state index in [4.69, 9.17) is 10.5 Å². The molecular formula is C8H13N3O. The highest BCUT2D eigenvalue weighted by molar-refractivity contribution is 5.44. The molecule has 12 heavy (non-hydrogen) atoms. The van der Waals surface area contributed by atoms with Gasteiger partial charge in [0.05, 0.1) is 12.3 Å². The Kier molecular flexibility index (Phi) is 2.85. The summed E-state index contributed by atoms with van der Waals surface area (Å²) in [5.41, 5.74) is 6.06. The highest BCUT2D eigenvalue weighted by Crippen LogP contribution is 2.16. The second-order valence-corrected chi connectivity index (χ2v) is 2.62. The Morgan fingerprint density at radius 2 is 2.42 bits per heavy atom. The SMILES string of the molecule is CCC(C)Oc1ncncc1N. The monoisotopic (exact) mass is 167 g/mol. The lowest BCUT2D eigenvalue weighted by atomic mass is 10.3. The molecule has 0 spiro atoms. The fourth-order valence-electron chi connectivity index (χ4n) is 0.702. The number of rotatable bonds is 3. The minimum absolute atomic E-state index is 0.141. The Labute approximate surface area is 71.8 Å². The highest BCUT2D eigenvalue weighted by atomic mass is 16.5. The molecule has 0 bridgehead atoms. The van der Waals surface area contributed by atoms with E-state index < -0.39 is 0 Å². The van der Waals surface area contributed by atoms with Crippen LogP contribution in [0.5, 0.6) is 5.88 Å². The van der Waals surface area contributed by atoms with Crippen molar-refractivity contribution in [2.75, 3.05) is 5.73 Å². The lowest BCUT2D eigenvalue weighted by Gasteiger charge is -2.11. The van der Waals surface area contributed by atoms with Gasteiger partial charge in [-0.15, -0.1) is 0 Å². The van der Waals surface area contributed by atoms with Gasteiger partial charge in [-0.1, -0.05) is 6.92 Å². The van der Waals surface area contributed by atoms with Gasteiger partial charge in [0.1, 0.15) is 12.0 Å². The van der Waals surface area contributed by atoms with Crippen LogP contribution in [0.1, 0.15) is 20.3 Å². The molecule has 0 fully saturated rings. The fourth-order valence-corrected chi connectivity index (χ4v) is 0.702. The molecule has 66 valence electrons. The van der Waals surface area contributed by atoms with Crippen molar-refractivity contribution in [2.45, 2.75) is 26.4 Å². The summed E-state index contributed by atoms with van der Waals surface area (Å²) < 4.78 is 5.42. The lowest BCUT2D eigenvalue weighted by molar-refractivity contribution is 0.209. The number of nitrogens with two attached hydrogens (primary N) is 1. The first-order valence-electron chi connectivity index (χ1n) is 3.96. The number of ether oxygens (including phenoxy) is 1. The molecule has 1 heterocycles. The van der Waals surface area contributed by atoms with E-state index in [1.54, 1.807) is 0 Å². The largest absolute Gasteiger partial charge is 0.473 e. The lowest BCUT2D eigenvalue weighted by Crippen LogP contribution is -2.12. The Balaban J connectivity index is 2.69. The summed E-state index contributed by atoms with van der Waals surface area (Å²) in [7, 11) is 0. The molecule has 0 saturated heterocycles. The third kappa shape index (κ3) is 2.08. The summed E-state index contributed by atoms with van der Waals surface area (Å²) in [6.07, 6.45) is 4.03. The fraction of sp³-hybridized carbons (Fsp3) is 0.500. The van der Waals surface area contributed by atoms with Gasteiger partial charge in [0, 0.05) is 0 Å². The van der Waals surface area contributed by atoms with E-state index >= 15 is 0 Å². The van der Waals surface area contributed by atoms with Crippen LogP contribution in [0.15, 0.2) is 12.5 Å². The number of nitrogens with zero attached hydrogens (tertiary/aromatic N) is 2. The number of anilines is 1. The zero-order valence-corrected chi connectivity index (χ0v) is 7.32. The second kappa shape index (κ2) is 3.90. The average molecular weight is 167 g/mol. The van der Waals surface area contributed by atoms with Crippen molar-refractivity contribution in [3.05, 3.63) is 12.5 Å². The Morgan fingerprint density at radius 1 is 1.67 bits per heavy atom. The molecule has 0 aliphatic heterocycles. The van der Waals surface area contributed by atoms with E-state index in [1.165, 1.54) is 12.5 Å². The van der Waals surface area contributed by atoms with Gasteiger partial charge in [0.2, 0.25) is 5.88 Å². The van der Waals surface area contributed by atoms with E-state index in [9.17, 15) is 0 Å². The molecule has 0 aliphatic rings. The molecular weight excluding hydrogens is 154 g/mol. The summed E-state index contributed by atoms with van der Waals surface area (Å²) >= 11 is 0. The molecule has 1 atom stereocenters. The van der Waals surface area contributed by atoms with Crippen LogP contribution in [0.2, 0.25) is 0 Å². The molecule has 0 saturated carbocycles. The predicted molar refractivity (Wildman–Crippen MR) is 46.8 cm³/mol. The minimum atomic E-state index is 0.141. The van der Waals surface area contributed by atoms with Gasteiger partial charge >= 0.3 is 0 Å². The minimum Gasteiger partial charge on any atom is -0.473 e. The van der Waals surface area contributed by atoms with Crippen molar-refractivity contribution in [2.24, 2.45) is 0 Å². The Bertz CT molecular complexity index is 252. The maximum Gasteiger partial charge on any atom is 0.240 e. The third-order valence-electron chi connectivity index (χ3n) is 1.59. The standard InChI is InChI=1S/C8H13N3O/c1-3-6(2)12-8-7(9)4-10-5-11-8/h4-6H,3,9H2,1-2H3. The first kappa shape index (κ1) is 8.77. The van der Waals surface area contributed by atoms with Crippen LogP contribution in [-0.4, -0.2) is 16.1 Å². The molecule has 1 aromatic rings. The Morgan fingerprint density at radius 3 is 3.00 bits per heavy atom. The van der Waals surface area contributed by atoms with E-state index in [0.29, 0.717) is 11.6 Å². The molecule has 2 N–H and O–H groups in total. The Hall–Kier alpha value is -1.32. The maximum absolute atomic E-state index is 5.57. The summed E-state index contributed by atoms with van der Waals surface area (Å²) in [4.78, 5) is 7.67. The van der Waals surface area contributed by atoms with Crippen LogP contribution in [0.3, 0.4) is 0 Å². The predicted octanol–water partition coefficient (Wildman–Crippen LogP) is 1.24. The topological polar surface area (TPSA) is 61.0 Å². The summed E-state index contributed by atoms with van der Waals surface area (Å²) in [6.45, 7) is 4.02.